The highest BCUT2D eigenvalue weighted by Crippen LogP contribution is 2.49. The van der Waals surface area contributed by atoms with E-state index in [1.54, 1.807) is 6.92 Å². The first kappa shape index (κ1) is 40.3. The average molecular weight is 823 g/mol. The molecular formula is C41H54N6O10S. The van der Waals surface area contributed by atoms with E-state index in [2.05, 4.69) is 20.3 Å². The monoisotopic (exact) mass is 822 g/mol. The number of carboxylic acid groups (broad SMARTS) is 1. The summed E-state index contributed by atoms with van der Waals surface area (Å²) < 4.78 is 46.1. The maximum atomic E-state index is 14.6. The topological polar surface area (TPSA) is 206 Å². The van der Waals surface area contributed by atoms with Crippen molar-refractivity contribution in [1.29, 1.82) is 0 Å². The van der Waals surface area contributed by atoms with Gasteiger partial charge in [0, 0.05) is 42.9 Å². The first-order valence-corrected chi connectivity index (χ1v) is 22.1. The first-order chi connectivity index (χ1) is 27.7. The summed E-state index contributed by atoms with van der Waals surface area (Å²) in [4.78, 5) is 63.5. The molecular weight excluding hydrogens is 769 g/mol. The number of hydrogen-bond donors (Lipinski definition) is 4. The molecule has 1 aromatic carbocycles. The highest BCUT2D eigenvalue weighted by Gasteiger charge is 2.64. The van der Waals surface area contributed by atoms with E-state index in [0.717, 1.165) is 48.9 Å². The summed E-state index contributed by atoms with van der Waals surface area (Å²) in [6, 6.07) is 3.58. The molecule has 0 radical (unpaired) electrons. The number of aromatic nitrogens is 1. The number of nitrogens with zero attached hydrogens (tertiary/aromatic N) is 3. The lowest BCUT2D eigenvalue weighted by atomic mass is 9.87. The molecule has 5 heterocycles. The predicted octanol–water partition coefficient (Wildman–Crippen LogP) is 2.95. The third kappa shape index (κ3) is 7.96. The largest absolute Gasteiger partial charge is 0.492 e. The van der Waals surface area contributed by atoms with Gasteiger partial charge < -0.3 is 34.9 Å². The molecule has 4 aliphatic heterocycles. The summed E-state index contributed by atoms with van der Waals surface area (Å²) in [6.07, 6.45) is 7.57. The smallest absolute Gasteiger partial charge is 0.405 e. The number of aryl methyl sites for hydroxylation is 2. The number of morpholine rings is 1. The quantitative estimate of drug-likeness (QED) is 0.284. The Bertz CT molecular complexity index is 2120. The Labute approximate surface area is 338 Å². The van der Waals surface area contributed by atoms with Crippen LogP contribution in [-0.2, 0) is 35.6 Å². The van der Waals surface area contributed by atoms with Gasteiger partial charge in [-0.25, -0.2) is 18.2 Å². The molecule has 1 spiro atoms. The van der Waals surface area contributed by atoms with Crippen LogP contribution in [0.2, 0.25) is 0 Å². The number of amides is 4. The summed E-state index contributed by atoms with van der Waals surface area (Å²) in [6.45, 7) is 7.93. The van der Waals surface area contributed by atoms with E-state index < -0.39 is 67.7 Å². The lowest BCUT2D eigenvalue weighted by Gasteiger charge is -2.36. The zero-order valence-corrected chi connectivity index (χ0v) is 34.0. The molecule has 2 aliphatic carbocycles. The number of rotatable bonds is 8. The Hall–Kier alpha value is -4.48. The number of nitrogens with one attached hydrogen (secondary N) is 3. The molecule has 1 aromatic heterocycles. The predicted molar refractivity (Wildman–Crippen MR) is 212 cm³/mol. The highest BCUT2D eigenvalue weighted by molar-refractivity contribution is 7.91. The zero-order chi connectivity index (χ0) is 40.9. The fourth-order valence-corrected chi connectivity index (χ4v) is 10.3. The first-order valence-electron chi connectivity index (χ1n) is 20.6. The van der Waals surface area contributed by atoms with E-state index >= 15 is 0 Å². The van der Waals surface area contributed by atoms with E-state index in [4.69, 9.17) is 19.2 Å². The number of carbonyl (C=O) groups is 4. The number of fused-ring (bicyclic) bond motifs is 5. The molecule has 8 rings (SSSR count). The molecule has 4 amide bonds. The molecule has 6 aliphatic rings. The summed E-state index contributed by atoms with van der Waals surface area (Å²) in [5, 5.41) is 16.0. The van der Waals surface area contributed by atoms with E-state index in [-0.39, 0.29) is 25.8 Å². The second-order valence-electron chi connectivity index (χ2n) is 17.2. The van der Waals surface area contributed by atoms with Gasteiger partial charge in [-0.05, 0) is 83.4 Å². The summed E-state index contributed by atoms with van der Waals surface area (Å²) in [5.41, 5.74) is -0.162. The van der Waals surface area contributed by atoms with Crippen molar-refractivity contribution in [3.63, 3.8) is 0 Å². The molecule has 4 fully saturated rings. The average Bonchev–Trinajstić information content (AvgIpc) is 4.08. The molecule has 16 nitrogen and oxygen atoms in total. The van der Waals surface area contributed by atoms with Gasteiger partial charge in [-0.15, -0.1) is 0 Å². The molecule has 4 N–H and O–H groups in total. The van der Waals surface area contributed by atoms with Crippen LogP contribution in [-0.4, -0.2) is 126 Å². The van der Waals surface area contributed by atoms with Gasteiger partial charge in [0.15, 0.2) is 0 Å². The number of carbonyl (C=O) groups excluding carboxylic acids is 3. The lowest BCUT2D eigenvalue weighted by Crippen LogP contribution is -2.58. The van der Waals surface area contributed by atoms with Crippen molar-refractivity contribution in [3.8, 4) is 11.5 Å². The minimum absolute atomic E-state index is 0.00140. The minimum atomic E-state index is -4.00. The molecule has 58 heavy (non-hydrogen) atoms. The van der Waals surface area contributed by atoms with Crippen molar-refractivity contribution in [2.75, 3.05) is 46.0 Å². The standard InChI is InChI=1S/C41H54N6O10S/c1-26-34-29(30-22-28(10-11-31(30)42-26)56-21-18-46-16-19-55-20-17-46)12-13-40(57-34)24-33-35(48)44-41(37(50)45-58(53,54)39(2)14-15-39)23-27(41)8-6-4-3-5-7-9-32(43-38(51)52)36(49)47(33)25-40/h6,8,10-11,22,27,32-33,43H,3-5,7,9,12-21,23-25H2,1-2H3,(H,44,48)(H,45,50)(H,51,52)/t27-,32+,33+,40-,41-/m1/s1. The number of ether oxygens (including phenoxy) is 3. The maximum Gasteiger partial charge on any atom is 0.405 e. The highest BCUT2D eigenvalue weighted by atomic mass is 32.2. The van der Waals surface area contributed by atoms with Gasteiger partial charge in [0.1, 0.15) is 41.3 Å². The van der Waals surface area contributed by atoms with Crippen LogP contribution < -0.4 is 24.8 Å². The van der Waals surface area contributed by atoms with Crippen molar-refractivity contribution in [2.24, 2.45) is 5.92 Å². The third-order valence-electron chi connectivity index (χ3n) is 13.0. The van der Waals surface area contributed by atoms with Gasteiger partial charge >= 0.3 is 6.09 Å². The van der Waals surface area contributed by atoms with E-state index in [1.807, 2.05) is 37.3 Å². The van der Waals surface area contributed by atoms with Crippen molar-refractivity contribution >= 4 is 44.7 Å². The van der Waals surface area contributed by atoms with Gasteiger partial charge in [-0.1, -0.05) is 25.0 Å². The van der Waals surface area contributed by atoms with Crippen LogP contribution in [0.3, 0.4) is 0 Å². The molecule has 0 unspecified atom stereocenters. The van der Waals surface area contributed by atoms with Gasteiger partial charge in [0.2, 0.25) is 21.8 Å². The number of benzene rings is 1. The van der Waals surface area contributed by atoms with Gasteiger partial charge in [0.25, 0.3) is 5.91 Å². The number of hydrogen-bond acceptors (Lipinski definition) is 11. The van der Waals surface area contributed by atoms with E-state index in [9.17, 15) is 32.7 Å². The van der Waals surface area contributed by atoms with E-state index in [1.165, 1.54) is 4.90 Å². The van der Waals surface area contributed by atoms with Crippen molar-refractivity contribution in [1.82, 2.24) is 30.1 Å². The van der Waals surface area contributed by atoms with Crippen LogP contribution in [0.1, 0.15) is 82.4 Å². The van der Waals surface area contributed by atoms with Crippen LogP contribution in [0.5, 0.6) is 11.5 Å². The number of allylic oxidation sites excluding steroid dienone is 1. The molecule has 2 saturated heterocycles. The molecule has 5 atom stereocenters. The van der Waals surface area contributed by atoms with E-state index in [0.29, 0.717) is 75.5 Å². The lowest BCUT2D eigenvalue weighted by molar-refractivity contribution is -0.141. The second-order valence-corrected chi connectivity index (χ2v) is 19.4. The van der Waals surface area contributed by atoms with Crippen molar-refractivity contribution < 1.29 is 46.9 Å². The molecule has 17 heteroatoms. The molecule has 0 bridgehead atoms. The Balaban J connectivity index is 1.08. The van der Waals surface area contributed by atoms with Crippen LogP contribution in [0.4, 0.5) is 4.79 Å². The summed E-state index contributed by atoms with van der Waals surface area (Å²) in [5.74, 6) is -1.14. The molecule has 2 saturated carbocycles. The van der Waals surface area contributed by atoms with Gasteiger partial charge in [0.05, 0.1) is 35.7 Å². The fraction of sp³-hybridized carbons (Fsp3) is 0.634. The van der Waals surface area contributed by atoms with Crippen molar-refractivity contribution in [2.45, 2.75) is 112 Å². The SMILES string of the molecule is Cc1nc2ccc(OCCN3CCOCC3)cc2c2c1O[C@]1(CC2)C[C@H]2C(=O)N[C@]3(C(=O)NS(=O)(=O)C4(C)CC4)C[C@H]3C=CCCCCC[C@H](NC(=O)O)C(=O)N2C1. The Kier molecular flexibility index (Phi) is 10.8. The summed E-state index contributed by atoms with van der Waals surface area (Å²) >= 11 is 0. The van der Waals surface area contributed by atoms with Crippen LogP contribution in [0.25, 0.3) is 10.9 Å². The third-order valence-corrected chi connectivity index (χ3v) is 15.2. The number of pyridine rings is 1. The van der Waals surface area contributed by atoms with Crippen LogP contribution >= 0.6 is 0 Å². The van der Waals surface area contributed by atoms with Crippen LogP contribution in [0, 0.1) is 12.8 Å². The maximum absolute atomic E-state index is 14.6. The number of sulfonamides is 1. The minimum Gasteiger partial charge on any atom is -0.492 e. The van der Waals surface area contributed by atoms with Gasteiger partial charge in [-0.2, -0.15) is 0 Å². The molecule has 2 aromatic rings. The van der Waals surface area contributed by atoms with Crippen molar-refractivity contribution in [3.05, 3.63) is 41.6 Å². The normalized spacial score (nSPS) is 29.8. The van der Waals surface area contributed by atoms with Gasteiger partial charge in [-0.3, -0.25) is 24.0 Å². The zero-order valence-electron chi connectivity index (χ0n) is 33.2. The second kappa shape index (κ2) is 15.6. The van der Waals surface area contributed by atoms with Crippen LogP contribution in [0.15, 0.2) is 30.4 Å². The Morgan fingerprint density at radius 3 is 2.66 bits per heavy atom. The summed E-state index contributed by atoms with van der Waals surface area (Å²) in [7, 11) is -4.00. The molecule has 314 valence electrons. The Morgan fingerprint density at radius 1 is 1.10 bits per heavy atom. The Morgan fingerprint density at radius 2 is 1.90 bits per heavy atom. The fourth-order valence-electron chi connectivity index (χ4n) is 9.03.